The van der Waals surface area contributed by atoms with E-state index in [0.717, 1.165) is 11.3 Å². The van der Waals surface area contributed by atoms with Crippen LogP contribution in [0.15, 0.2) is 29.3 Å². The summed E-state index contributed by atoms with van der Waals surface area (Å²) in [6.07, 6.45) is 3.11. The predicted molar refractivity (Wildman–Crippen MR) is 93.8 cm³/mol. The van der Waals surface area contributed by atoms with Crippen LogP contribution in [-0.2, 0) is 23.5 Å². The fraction of sp³-hybridized carbons (Fsp3) is 0.471. The first-order chi connectivity index (χ1) is 11.8. The summed E-state index contributed by atoms with van der Waals surface area (Å²) in [5.74, 6) is 0.238. The zero-order chi connectivity index (χ0) is 18.4. The van der Waals surface area contributed by atoms with Crippen molar-refractivity contribution in [2.24, 2.45) is 0 Å². The van der Waals surface area contributed by atoms with Crippen molar-refractivity contribution in [3.63, 3.8) is 0 Å². The summed E-state index contributed by atoms with van der Waals surface area (Å²) >= 11 is 6.12. The molecule has 136 valence electrons. The van der Waals surface area contributed by atoms with E-state index in [-0.39, 0.29) is 36.2 Å². The molecule has 0 amide bonds. The Morgan fingerprint density at radius 3 is 2.60 bits per heavy atom. The van der Waals surface area contributed by atoms with Gasteiger partial charge < -0.3 is 14.6 Å². The van der Waals surface area contributed by atoms with Crippen LogP contribution in [0.2, 0.25) is 5.02 Å². The smallest absolute Gasteiger partial charge is 0.289 e. The van der Waals surface area contributed by atoms with Gasteiger partial charge in [0.15, 0.2) is 10.8 Å². The summed E-state index contributed by atoms with van der Waals surface area (Å²) in [5.41, 5.74) is 0.727. The molecule has 1 N–H and O–H groups in total. The molecule has 0 aromatic carbocycles. The van der Waals surface area contributed by atoms with Gasteiger partial charge in [0.05, 0.1) is 37.3 Å². The molecule has 2 aromatic heterocycles. The van der Waals surface area contributed by atoms with E-state index in [4.69, 9.17) is 26.2 Å². The van der Waals surface area contributed by atoms with Crippen molar-refractivity contribution in [2.75, 3.05) is 13.2 Å². The molecular weight excluding hydrogens is 346 g/mol. The van der Waals surface area contributed by atoms with E-state index in [9.17, 15) is 4.79 Å². The molecule has 0 aliphatic rings. The number of hydrogen-bond donors (Lipinski definition) is 1. The van der Waals surface area contributed by atoms with Crippen molar-refractivity contribution in [1.82, 2.24) is 14.8 Å². The van der Waals surface area contributed by atoms with E-state index < -0.39 is 5.54 Å². The van der Waals surface area contributed by atoms with Gasteiger partial charge in [0, 0.05) is 11.8 Å². The monoisotopic (exact) mass is 367 g/mol. The Kier molecular flexibility index (Phi) is 6.52. The number of aliphatic hydroxyl groups excluding tert-OH is 1. The van der Waals surface area contributed by atoms with Crippen molar-refractivity contribution in [3.05, 3.63) is 51.2 Å². The highest BCUT2D eigenvalue weighted by Crippen LogP contribution is 2.21. The molecule has 0 radical (unpaired) electrons. The number of ether oxygens (including phenoxy) is 2. The minimum absolute atomic E-state index is 0.00640. The van der Waals surface area contributed by atoms with E-state index in [1.165, 1.54) is 10.9 Å². The zero-order valence-electron chi connectivity index (χ0n) is 14.5. The van der Waals surface area contributed by atoms with Gasteiger partial charge in [-0.1, -0.05) is 17.7 Å². The second-order valence-electron chi connectivity index (χ2n) is 6.43. The van der Waals surface area contributed by atoms with Crippen molar-refractivity contribution >= 4 is 11.6 Å². The second-order valence-corrected chi connectivity index (χ2v) is 6.81. The van der Waals surface area contributed by atoms with E-state index >= 15 is 0 Å². The third kappa shape index (κ3) is 5.26. The third-order valence-electron chi connectivity index (χ3n) is 3.29. The van der Waals surface area contributed by atoms with Crippen molar-refractivity contribution in [2.45, 2.75) is 39.5 Å². The Morgan fingerprint density at radius 2 is 2.00 bits per heavy atom. The molecule has 0 saturated heterocycles. The highest BCUT2D eigenvalue weighted by Gasteiger charge is 2.19. The average Bonchev–Trinajstić information content (AvgIpc) is 2.56. The highest BCUT2D eigenvalue weighted by atomic mass is 35.5. The highest BCUT2D eigenvalue weighted by molar-refractivity contribution is 6.31. The number of pyridine rings is 1. The lowest BCUT2D eigenvalue weighted by Gasteiger charge is -2.21. The lowest BCUT2D eigenvalue weighted by Crippen LogP contribution is -2.36. The lowest BCUT2D eigenvalue weighted by atomic mass is 10.1. The van der Waals surface area contributed by atoms with Gasteiger partial charge in [-0.2, -0.15) is 5.10 Å². The fourth-order valence-corrected chi connectivity index (χ4v) is 2.21. The van der Waals surface area contributed by atoms with E-state index in [2.05, 4.69) is 10.1 Å². The van der Waals surface area contributed by atoms with Crippen molar-refractivity contribution in [1.29, 1.82) is 0 Å². The molecular formula is C17H22ClN3O4. The molecule has 0 bridgehead atoms. The van der Waals surface area contributed by atoms with Crippen LogP contribution in [0.4, 0.5) is 0 Å². The van der Waals surface area contributed by atoms with Crippen LogP contribution in [0.3, 0.4) is 0 Å². The minimum Gasteiger partial charge on any atom is -0.485 e. The quantitative estimate of drug-likeness (QED) is 0.754. The summed E-state index contributed by atoms with van der Waals surface area (Å²) in [7, 11) is 0. The molecule has 0 unspecified atom stereocenters. The van der Waals surface area contributed by atoms with E-state index in [1.807, 2.05) is 32.9 Å². The van der Waals surface area contributed by atoms with Gasteiger partial charge >= 0.3 is 0 Å². The van der Waals surface area contributed by atoms with Gasteiger partial charge in [-0.3, -0.25) is 9.78 Å². The molecule has 0 atom stereocenters. The topological polar surface area (TPSA) is 86.5 Å². The summed E-state index contributed by atoms with van der Waals surface area (Å²) in [6.45, 7) is 6.42. The van der Waals surface area contributed by atoms with Crippen molar-refractivity contribution < 1.29 is 14.6 Å². The average molecular weight is 368 g/mol. The second kappa shape index (κ2) is 8.42. The Hall–Kier alpha value is -1.96. The SMILES string of the molecule is CC(C)(C)n1ncc(OCc2ccc(COCCO)nc2)c(Cl)c1=O. The number of nitrogens with zero attached hydrogens (tertiary/aromatic N) is 3. The number of aliphatic hydroxyl groups is 1. The number of aromatic nitrogens is 3. The Morgan fingerprint density at radius 1 is 1.24 bits per heavy atom. The van der Waals surface area contributed by atoms with Crippen LogP contribution in [-0.4, -0.2) is 33.1 Å². The molecule has 0 spiro atoms. The van der Waals surface area contributed by atoms with Crippen LogP contribution < -0.4 is 10.3 Å². The summed E-state index contributed by atoms with van der Waals surface area (Å²) in [4.78, 5) is 16.5. The molecule has 2 heterocycles. The summed E-state index contributed by atoms with van der Waals surface area (Å²) in [5, 5.41) is 12.8. The summed E-state index contributed by atoms with van der Waals surface area (Å²) in [6, 6.07) is 3.66. The van der Waals surface area contributed by atoms with Gasteiger partial charge in [-0.05, 0) is 26.8 Å². The predicted octanol–water partition coefficient (Wildman–Crippen LogP) is 2.13. The molecule has 2 rings (SSSR count). The Balaban J connectivity index is 2.02. The molecule has 0 aliphatic carbocycles. The number of halogens is 1. The number of hydrogen-bond acceptors (Lipinski definition) is 6. The molecule has 7 nitrogen and oxygen atoms in total. The maximum atomic E-state index is 12.3. The summed E-state index contributed by atoms with van der Waals surface area (Å²) < 4.78 is 12.1. The fourth-order valence-electron chi connectivity index (χ4n) is 2.02. The Bertz CT molecular complexity index is 754. The molecule has 8 heteroatoms. The van der Waals surface area contributed by atoms with Crippen LogP contribution in [0, 0.1) is 0 Å². The first kappa shape index (κ1) is 19.4. The van der Waals surface area contributed by atoms with Gasteiger partial charge in [0.25, 0.3) is 5.56 Å². The van der Waals surface area contributed by atoms with Gasteiger partial charge in [0.2, 0.25) is 0 Å². The van der Waals surface area contributed by atoms with Gasteiger partial charge in [-0.25, -0.2) is 4.68 Å². The molecule has 0 aliphatic heterocycles. The molecule has 25 heavy (non-hydrogen) atoms. The van der Waals surface area contributed by atoms with Crippen LogP contribution in [0.1, 0.15) is 32.0 Å². The maximum Gasteiger partial charge on any atom is 0.289 e. The first-order valence-corrected chi connectivity index (χ1v) is 8.24. The lowest BCUT2D eigenvalue weighted by molar-refractivity contribution is 0.0797. The zero-order valence-corrected chi connectivity index (χ0v) is 15.3. The number of rotatable bonds is 7. The van der Waals surface area contributed by atoms with Gasteiger partial charge in [0.1, 0.15) is 6.61 Å². The third-order valence-corrected chi connectivity index (χ3v) is 3.64. The van der Waals surface area contributed by atoms with E-state index in [0.29, 0.717) is 6.61 Å². The maximum absolute atomic E-state index is 12.3. The Labute approximate surface area is 151 Å². The minimum atomic E-state index is -0.461. The van der Waals surface area contributed by atoms with Crippen LogP contribution in [0.5, 0.6) is 5.75 Å². The molecule has 2 aromatic rings. The standard InChI is InChI=1S/C17H22ClN3O4/c1-17(2,3)21-16(23)15(18)14(9-20-21)25-10-12-4-5-13(19-8-12)11-24-7-6-22/h4-5,8-9,22H,6-7,10-11H2,1-3H3. The van der Waals surface area contributed by atoms with Gasteiger partial charge in [-0.15, -0.1) is 0 Å². The van der Waals surface area contributed by atoms with Crippen LogP contribution in [0.25, 0.3) is 0 Å². The molecule has 0 saturated carbocycles. The van der Waals surface area contributed by atoms with E-state index in [1.54, 1.807) is 6.20 Å². The largest absolute Gasteiger partial charge is 0.485 e. The normalized spacial score (nSPS) is 11.6. The first-order valence-electron chi connectivity index (χ1n) is 7.86. The van der Waals surface area contributed by atoms with Crippen molar-refractivity contribution in [3.8, 4) is 5.75 Å². The van der Waals surface area contributed by atoms with Crippen LogP contribution >= 0.6 is 11.6 Å². The molecule has 0 fully saturated rings.